The number of nitrogens with two attached hydrogens (primary N) is 1. The fourth-order valence-corrected chi connectivity index (χ4v) is 2.77. The number of nitrogens with one attached hydrogen (secondary N) is 1. The molecule has 2 aliphatic rings. The van der Waals surface area contributed by atoms with Gasteiger partial charge in [0.05, 0.1) is 11.4 Å². The lowest BCUT2D eigenvalue weighted by Gasteiger charge is -2.18. The number of carbonyl (C=O) groups excluding carboxylic acids is 1. The van der Waals surface area contributed by atoms with E-state index < -0.39 is 0 Å². The molecule has 1 amide bonds. The molecule has 0 saturated heterocycles. The number of rotatable bonds is 2. The highest BCUT2D eigenvalue weighted by Crippen LogP contribution is 2.38. The lowest BCUT2D eigenvalue weighted by molar-refractivity contribution is -0.113. The lowest BCUT2D eigenvalue weighted by atomic mass is 10.0. The summed E-state index contributed by atoms with van der Waals surface area (Å²) in [6.45, 7) is 0. The number of hydrogen-bond acceptors (Lipinski definition) is 3. The summed E-state index contributed by atoms with van der Waals surface area (Å²) < 4.78 is 0. The molecule has 1 aliphatic heterocycles. The maximum absolute atomic E-state index is 11.3. The summed E-state index contributed by atoms with van der Waals surface area (Å²) in [6.07, 6.45) is 3.15. The predicted octanol–water partition coefficient (Wildman–Crippen LogP) is 1.76. The Kier molecular flexibility index (Phi) is 2.23. The van der Waals surface area contributed by atoms with Gasteiger partial charge in [0.15, 0.2) is 0 Å². The molecule has 0 radical (unpaired) electrons. The zero-order chi connectivity index (χ0) is 11.2. The molecule has 1 aliphatic carbocycles. The summed E-state index contributed by atoms with van der Waals surface area (Å²) in [5.41, 5.74) is 8.29. The summed E-state index contributed by atoms with van der Waals surface area (Å²) in [5.74, 6) is 0.608. The Morgan fingerprint density at radius 2 is 2.25 bits per heavy atom. The SMILES string of the molecule is NC1(Cc2ccc3c(c2)NC(=O)CS3)CC1. The molecule has 0 bridgehead atoms. The van der Waals surface area contributed by atoms with Gasteiger partial charge >= 0.3 is 0 Å². The molecule has 4 heteroatoms. The van der Waals surface area contributed by atoms with Crippen molar-refractivity contribution in [1.29, 1.82) is 0 Å². The van der Waals surface area contributed by atoms with Crippen LogP contribution >= 0.6 is 11.8 Å². The molecule has 0 aromatic heterocycles. The fraction of sp³-hybridized carbons (Fsp3) is 0.417. The van der Waals surface area contributed by atoms with Crippen molar-refractivity contribution in [2.24, 2.45) is 5.73 Å². The second-order valence-electron chi connectivity index (χ2n) is 4.71. The normalized spacial score (nSPS) is 21.2. The van der Waals surface area contributed by atoms with Gasteiger partial charge in [0, 0.05) is 10.4 Å². The Balaban J connectivity index is 1.86. The van der Waals surface area contributed by atoms with Crippen molar-refractivity contribution in [1.82, 2.24) is 0 Å². The maximum atomic E-state index is 11.3. The van der Waals surface area contributed by atoms with Crippen molar-refractivity contribution in [2.75, 3.05) is 11.1 Å². The van der Waals surface area contributed by atoms with E-state index in [2.05, 4.69) is 23.5 Å². The average Bonchev–Trinajstić information content (AvgIpc) is 2.95. The molecule has 16 heavy (non-hydrogen) atoms. The standard InChI is InChI=1S/C12H14N2OS/c13-12(3-4-12)6-8-1-2-10-9(5-8)14-11(15)7-16-10/h1-2,5H,3-4,6-7,13H2,(H,14,15). The van der Waals surface area contributed by atoms with E-state index in [-0.39, 0.29) is 11.4 Å². The zero-order valence-electron chi connectivity index (χ0n) is 8.95. The fourth-order valence-electron chi connectivity index (χ4n) is 1.98. The van der Waals surface area contributed by atoms with Crippen molar-refractivity contribution in [3.05, 3.63) is 23.8 Å². The van der Waals surface area contributed by atoms with E-state index in [1.165, 1.54) is 5.56 Å². The van der Waals surface area contributed by atoms with E-state index in [4.69, 9.17) is 5.73 Å². The number of fused-ring (bicyclic) bond motifs is 1. The van der Waals surface area contributed by atoms with Gasteiger partial charge < -0.3 is 11.1 Å². The molecule has 1 heterocycles. The highest BCUT2D eigenvalue weighted by molar-refractivity contribution is 8.00. The summed E-state index contributed by atoms with van der Waals surface area (Å²) in [4.78, 5) is 12.4. The topological polar surface area (TPSA) is 55.1 Å². The molecule has 1 fully saturated rings. The third-order valence-corrected chi connectivity index (χ3v) is 4.20. The first-order valence-corrected chi connectivity index (χ1v) is 6.48. The van der Waals surface area contributed by atoms with Gasteiger partial charge in [-0.3, -0.25) is 4.79 Å². The van der Waals surface area contributed by atoms with E-state index in [1.54, 1.807) is 11.8 Å². The number of hydrogen-bond donors (Lipinski definition) is 2. The molecular weight excluding hydrogens is 220 g/mol. The van der Waals surface area contributed by atoms with Crippen LogP contribution in [-0.4, -0.2) is 17.2 Å². The molecule has 3 N–H and O–H groups in total. The smallest absolute Gasteiger partial charge is 0.234 e. The van der Waals surface area contributed by atoms with Gasteiger partial charge in [0.25, 0.3) is 0 Å². The second kappa shape index (κ2) is 3.50. The number of amides is 1. The Bertz CT molecular complexity index is 454. The monoisotopic (exact) mass is 234 g/mol. The van der Waals surface area contributed by atoms with Crippen LogP contribution in [0.3, 0.4) is 0 Å². The van der Waals surface area contributed by atoms with Crippen LogP contribution in [0.4, 0.5) is 5.69 Å². The molecule has 1 aromatic carbocycles. The quantitative estimate of drug-likeness (QED) is 0.820. The number of carbonyl (C=O) groups is 1. The molecular formula is C12H14N2OS. The molecule has 1 aromatic rings. The molecule has 3 nitrogen and oxygen atoms in total. The molecule has 1 saturated carbocycles. The lowest BCUT2D eigenvalue weighted by Crippen LogP contribution is -2.25. The molecule has 0 atom stereocenters. The Morgan fingerprint density at radius 1 is 1.44 bits per heavy atom. The average molecular weight is 234 g/mol. The molecule has 0 spiro atoms. The van der Waals surface area contributed by atoms with Crippen molar-refractivity contribution in [3.63, 3.8) is 0 Å². The van der Waals surface area contributed by atoms with Crippen LogP contribution in [0.5, 0.6) is 0 Å². The van der Waals surface area contributed by atoms with Gasteiger partial charge in [-0.15, -0.1) is 11.8 Å². The predicted molar refractivity (Wildman–Crippen MR) is 65.7 cm³/mol. The van der Waals surface area contributed by atoms with Crippen LogP contribution in [0.1, 0.15) is 18.4 Å². The minimum Gasteiger partial charge on any atom is -0.325 e. The molecule has 0 unspecified atom stereocenters. The summed E-state index contributed by atoms with van der Waals surface area (Å²) in [7, 11) is 0. The first-order chi connectivity index (χ1) is 7.65. The summed E-state index contributed by atoms with van der Waals surface area (Å²) >= 11 is 1.60. The zero-order valence-corrected chi connectivity index (χ0v) is 9.77. The van der Waals surface area contributed by atoms with E-state index in [1.807, 2.05) is 0 Å². The van der Waals surface area contributed by atoms with Gasteiger partial charge in [-0.1, -0.05) is 6.07 Å². The first kappa shape index (κ1) is 10.2. The van der Waals surface area contributed by atoms with Gasteiger partial charge in [-0.2, -0.15) is 0 Å². The van der Waals surface area contributed by atoms with E-state index in [0.29, 0.717) is 5.75 Å². The van der Waals surface area contributed by atoms with Gasteiger partial charge in [-0.05, 0) is 37.0 Å². The van der Waals surface area contributed by atoms with Crippen LogP contribution in [0.25, 0.3) is 0 Å². The third-order valence-electron chi connectivity index (χ3n) is 3.13. The van der Waals surface area contributed by atoms with Crippen molar-refractivity contribution in [2.45, 2.75) is 29.7 Å². The van der Waals surface area contributed by atoms with Crippen molar-refractivity contribution < 1.29 is 4.79 Å². The van der Waals surface area contributed by atoms with Crippen LogP contribution in [0, 0.1) is 0 Å². The minimum absolute atomic E-state index is 0.0278. The van der Waals surface area contributed by atoms with Crippen molar-refractivity contribution >= 4 is 23.4 Å². The highest BCUT2D eigenvalue weighted by Gasteiger charge is 2.38. The largest absolute Gasteiger partial charge is 0.325 e. The van der Waals surface area contributed by atoms with E-state index in [9.17, 15) is 4.79 Å². The first-order valence-electron chi connectivity index (χ1n) is 5.49. The van der Waals surface area contributed by atoms with Gasteiger partial charge in [0.1, 0.15) is 0 Å². The number of thioether (sulfide) groups is 1. The number of benzene rings is 1. The van der Waals surface area contributed by atoms with Crippen LogP contribution in [0.15, 0.2) is 23.1 Å². The number of anilines is 1. The van der Waals surface area contributed by atoms with Crippen molar-refractivity contribution in [3.8, 4) is 0 Å². The van der Waals surface area contributed by atoms with Gasteiger partial charge in [0.2, 0.25) is 5.91 Å². The second-order valence-corrected chi connectivity index (χ2v) is 5.72. The Labute approximate surface area is 98.8 Å². The highest BCUT2D eigenvalue weighted by atomic mass is 32.2. The summed E-state index contributed by atoms with van der Waals surface area (Å²) in [6, 6.07) is 6.27. The Hall–Kier alpha value is -1.000. The molecule has 84 valence electrons. The van der Waals surface area contributed by atoms with E-state index >= 15 is 0 Å². The van der Waals surface area contributed by atoms with Crippen LogP contribution in [-0.2, 0) is 11.2 Å². The van der Waals surface area contributed by atoms with Crippen LogP contribution in [0.2, 0.25) is 0 Å². The van der Waals surface area contributed by atoms with Crippen LogP contribution < -0.4 is 11.1 Å². The van der Waals surface area contributed by atoms with Gasteiger partial charge in [-0.25, -0.2) is 0 Å². The third kappa shape index (κ3) is 1.95. The maximum Gasteiger partial charge on any atom is 0.234 e. The van der Waals surface area contributed by atoms with E-state index in [0.717, 1.165) is 29.8 Å². The Morgan fingerprint density at radius 3 is 3.00 bits per heavy atom. The minimum atomic E-state index is 0.0278. The molecule has 3 rings (SSSR count). The summed E-state index contributed by atoms with van der Waals surface area (Å²) in [5, 5.41) is 2.91.